The summed E-state index contributed by atoms with van der Waals surface area (Å²) in [4.78, 5) is 39.8. The van der Waals surface area contributed by atoms with Crippen molar-refractivity contribution in [1.82, 2.24) is 9.36 Å². The zero-order chi connectivity index (χ0) is 29.3. The van der Waals surface area contributed by atoms with Gasteiger partial charge in [0.05, 0.1) is 31.0 Å². The molecule has 0 unspecified atom stereocenters. The number of fused-ring (bicyclic) bond motifs is 1. The van der Waals surface area contributed by atoms with Crippen LogP contribution in [-0.2, 0) is 11.8 Å². The number of para-hydroxylation sites is 1. The van der Waals surface area contributed by atoms with Gasteiger partial charge in [-0.3, -0.25) is 19.1 Å². The third kappa shape index (κ3) is 5.17. The molecule has 0 bridgehead atoms. The van der Waals surface area contributed by atoms with Crippen LogP contribution in [0.1, 0.15) is 5.69 Å². The Bertz CT molecular complexity index is 1890. The molecular weight excluding hydrogens is 550 g/mol. The molecule has 210 valence electrons. The summed E-state index contributed by atoms with van der Waals surface area (Å²) >= 11 is 6.13. The molecule has 2 aromatic heterocycles. The molecule has 5 aromatic rings. The number of carbonyl (C=O) groups excluding carboxylic acids is 1. The van der Waals surface area contributed by atoms with Crippen LogP contribution in [0, 0.1) is 6.92 Å². The van der Waals surface area contributed by atoms with Gasteiger partial charge in [-0.15, -0.1) is 0 Å². The highest BCUT2D eigenvalue weighted by molar-refractivity contribution is 6.31. The zero-order valence-corrected chi connectivity index (χ0v) is 23.4. The first kappa shape index (κ1) is 27.6. The van der Waals surface area contributed by atoms with Crippen LogP contribution in [0.25, 0.3) is 28.0 Å². The first-order chi connectivity index (χ1) is 19.7. The molecule has 11 heteroatoms. The van der Waals surface area contributed by atoms with E-state index in [2.05, 4.69) is 5.32 Å². The van der Waals surface area contributed by atoms with E-state index in [-0.39, 0.29) is 28.2 Å². The summed E-state index contributed by atoms with van der Waals surface area (Å²) in [6, 6.07) is 18.7. The second kappa shape index (κ2) is 11.3. The van der Waals surface area contributed by atoms with Gasteiger partial charge in [-0.25, -0.2) is 4.68 Å². The SMILES string of the molecule is COc1ccc(-c2oc3ccc(Cl)cc3c(=O)c2OCC(=O)Nc2c(C)n(C)n(-c3ccccc3)c2=O)cc1OC. The molecule has 0 atom stereocenters. The maximum Gasteiger partial charge on any atom is 0.295 e. The number of aromatic nitrogens is 2. The lowest BCUT2D eigenvalue weighted by Gasteiger charge is -2.13. The maximum absolute atomic E-state index is 13.5. The molecule has 1 N–H and O–H groups in total. The second-order valence-electron chi connectivity index (χ2n) is 9.07. The van der Waals surface area contributed by atoms with E-state index in [9.17, 15) is 14.4 Å². The molecule has 0 saturated heterocycles. The molecular formula is C30H26ClN3O7. The van der Waals surface area contributed by atoms with Crippen LogP contribution >= 0.6 is 11.6 Å². The molecule has 0 aliphatic carbocycles. The first-order valence-electron chi connectivity index (χ1n) is 12.5. The molecule has 41 heavy (non-hydrogen) atoms. The molecule has 5 rings (SSSR count). The third-order valence-corrected chi connectivity index (χ3v) is 6.86. The van der Waals surface area contributed by atoms with Crippen LogP contribution in [0.15, 0.2) is 80.7 Å². The van der Waals surface area contributed by atoms with Crippen molar-refractivity contribution >= 4 is 34.2 Å². The largest absolute Gasteiger partial charge is 0.493 e. The van der Waals surface area contributed by atoms with Gasteiger partial charge in [-0.1, -0.05) is 29.8 Å². The minimum Gasteiger partial charge on any atom is -0.493 e. The number of nitrogens with zero attached hydrogens (tertiary/aromatic N) is 2. The van der Waals surface area contributed by atoms with E-state index < -0.39 is 23.5 Å². The number of hydrogen-bond acceptors (Lipinski definition) is 7. The van der Waals surface area contributed by atoms with E-state index in [0.717, 1.165) is 0 Å². The maximum atomic E-state index is 13.5. The van der Waals surface area contributed by atoms with Crippen molar-refractivity contribution in [3.05, 3.63) is 98.0 Å². The molecule has 0 aliphatic heterocycles. The van der Waals surface area contributed by atoms with Gasteiger partial charge in [-0.2, -0.15) is 0 Å². The Kier molecular flexibility index (Phi) is 7.58. The Morgan fingerprint density at radius 2 is 1.71 bits per heavy atom. The molecule has 0 saturated carbocycles. The molecule has 2 heterocycles. The van der Waals surface area contributed by atoms with Gasteiger partial charge in [0.2, 0.25) is 11.2 Å². The highest BCUT2D eigenvalue weighted by Gasteiger charge is 2.22. The van der Waals surface area contributed by atoms with Crippen molar-refractivity contribution in [1.29, 1.82) is 0 Å². The van der Waals surface area contributed by atoms with E-state index in [1.165, 1.54) is 25.0 Å². The topological polar surface area (TPSA) is 114 Å². The summed E-state index contributed by atoms with van der Waals surface area (Å²) in [6.07, 6.45) is 0. The first-order valence-corrected chi connectivity index (χ1v) is 12.9. The monoisotopic (exact) mass is 575 g/mol. The summed E-state index contributed by atoms with van der Waals surface area (Å²) < 4.78 is 25.7. The highest BCUT2D eigenvalue weighted by Crippen LogP contribution is 2.37. The number of ether oxygens (including phenoxy) is 3. The number of nitrogens with one attached hydrogen (secondary N) is 1. The van der Waals surface area contributed by atoms with E-state index in [1.54, 1.807) is 61.1 Å². The van der Waals surface area contributed by atoms with Gasteiger partial charge < -0.3 is 23.9 Å². The van der Waals surface area contributed by atoms with Crippen LogP contribution in [-0.4, -0.2) is 36.1 Å². The minimum atomic E-state index is -0.639. The lowest BCUT2D eigenvalue weighted by atomic mass is 10.1. The van der Waals surface area contributed by atoms with Crippen molar-refractivity contribution < 1.29 is 23.4 Å². The molecule has 0 fully saturated rings. The Hall–Kier alpha value is -4.96. The van der Waals surface area contributed by atoms with Gasteiger partial charge in [-0.05, 0) is 55.5 Å². The third-order valence-electron chi connectivity index (χ3n) is 6.62. The average molecular weight is 576 g/mol. The van der Waals surface area contributed by atoms with Gasteiger partial charge in [0.25, 0.3) is 11.5 Å². The number of methoxy groups -OCH3 is 2. The lowest BCUT2D eigenvalue weighted by molar-refractivity contribution is -0.118. The molecule has 0 aliphatic rings. The van der Waals surface area contributed by atoms with E-state index >= 15 is 0 Å². The number of benzene rings is 3. The van der Waals surface area contributed by atoms with Crippen molar-refractivity contribution in [2.24, 2.45) is 7.05 Å². The Balaban J connectivity index is 1.50. The number of amides is 1. The van der Waals surface area contributed by atoms with Crippen LogP contribution in [0.2, 0.25) is 5.02 Å². The quantitative estimate of drug-likeness (QED) is 0.278. The lowest BCUT2D eigenvalue weighted by Crippen LogP contribution is -2.26. The summed E-state index contributed by atoms with van der Waals surface area (Å²) in [5.74, 6) is 0.128. The van der Waals surface area contributed by atoms with Gasteiger partial charge in [0, 0.05) is 17.6 Å². The summed E-state index contributed by atoms with van der Waals surface area (Å²) in [5.41, 5.74) is 1.09. The van der Waals surface area contributed by atoms with Crippen LogP contribution < -0.4 is 30.5 Å². The number of anilines is 1. The van der Waals surface area contributed by atoms with Crippen LogP contribution in [0.4, 0.5) is 5.69 Å². The van der Waals surface area contributed by atoms with Crippen molar-refractivity contribution in [2.75, 3.05) is 26.1 Å². The minimum absolute atomic E-state index is 0.0842. The molecule has 3 aromatic carbocycles. The van der Waals surface area contributed by atoms with Crippen molar-refractivity contribution in [3.8, 4) is 34.3 Å². The fraction of sp³-hybridized carbons (Fsp3) is 0.167. The smallest absolute Gasteiger partial charge is 0.295 e. The van der Waals surface area contributed by atoms with Crippen LogP contribution in [0.3, 0.4) is 0 Å². The number of halogens is 1. The standard InChI is InChI=1S/C30H26ClN3O7/c1-17-26(30(37)34(33(17)2)20-8-6-5-7-9-20)32-25(35)16-40-29-27(36)21-15-19(31)11-13-22(21)41-28(29)18-10-12-23(38-3)24(14-18)39-4/h5-15H,16H2,1-4H3,(H,32,35). The average Bonchev–Trinajstić information content (AvgIpc) is 3.19. The van der Waals surface area contributed by atoms with Gasteiger partial charge in [0.1, 0.15) is 11.3 Å². The Morgan fingerprint density at radius 3 is 2.41 bits per heavy atom. The normalized spacial score (nSPS) is 11.0. The second-order valence-corrected chi connectivity index (χ2v) is 9.51. The predicted octanol–water partition coefficient (Wildman–Crippen LogP) is 4.95. The fourth-order valence-corrected chi connectivity index (χ4v) is 4.65. The van der Waals surface area contributed by atoms with E-state index in [4.69, 9.17) is 30.2 Å². The fourth-order valence-electron chi connectivity index (χ4n) is 4.47. The summed E-state index contributed by atoms with van der Waals surface area (Å²) in [6.45, 7) is 1.14. The number of hydrogen-bond donors (Lipinski definition) is 1. The summed E-state index contributed by atoms with van der Waals surface area (Å²) in [5, 5.41) is 3.15. The van der Waals surface area contributed by atoms with E-state index in [0.29, 0.717) is 33.5 Å². The number of rotatable bonds is 8. The number of carbonyl (C=O) groups is 1. The van der Waals surface area contributed by atoms with Crippen molar-refractivity contribution in [2.45, 2.75) is 6.92 Å². The Labute approximate surface area is 239 Å². The predicted molar refractivity (Wildman–Crippen MR) is 156 cm³/mol. The molecule has 1 amide bonds. The van der Waals surface area contributed by atoms with Gasteiger partial charge >= 0.3 is 0 Å². The highest BCUT2D eigenvalue weighted by atomic mass is 35.5. The molecule has 0 spiro atoms. The van der Waals surface area contributed by atoms with Crippen molar-refractivity contribution in [3.63, 3.8) is 0 Å². The summed E-state index contributed by atoms with van der Waals surface area (Å²) in [7, 11) is 4.71. The zero-order valence-electron chi connectivity index (χ0n) is 22.7. The molecule has 10 nitrogen and oxygen atoms in total. The van der Waals surface area contributed by atoms with Gasteiger partial charge in [0.15, 0.2) is 23.9 Å². The Morgan fingerprint density at radius 1 is 0.976 bits per heavy atom. The van der Waals surface area contributed by atoms with Crippen LogP contribution in [0.5, 0.6) is 17.2 Å². The molecule has 0 radical (unpaired) electrons. The van der Waals surface area contributed by atoms with E-state index in [1.807, 2.05) is 18.2 Å².